The highest BCUT2D eigenvalue weighted by molar-refractivity contribution is 6.32. The number of carbonyl (C=O) groups is 1. The van der Waals surface area contributed by atoms with E-state index in [-0.39, 0.29) is 29.0 Å². The third kappa shape index (κ3) is 4.16. The van der Waals surface area contributed by atoms with Gasteiger partial charge in [0, 0.05) is 12.3 Å². The van der Waals surface area contributed by atoms with E-state index in [1.54, 1.807) is 0 Å². The van der Waals surface area contributed by atoms with Crippen molar-refractivity contribution in [1.82, 2.24) is 14.9 Å². The van der Waals surface area contributed by atoms with Crippen molar-refractivity contribution >= 4 is 40.1 Å². The van der Waals surface area contributed by atoms with Gasteiger partial charge in [0.1, 0.15) is 33.9 Å². The van der Waals surface area contributed by atoms with Crippen LogP contribution < -0.4 is 10.7 Å². The minimum absolute atomic E-state index is 0.0904. The summed E-state index contributed by atoms with van der Waals surface area (Å²) in [5.74, 6) is -4.22. The first-order valence-corrected chi connectivity index (χ1v) is 9.97. The first-order valence-electron chi connectivity index (χ1n) is 9.21. The van der Waals surface area contributed by atoms with Crippen LogP contribution in [0.15, 0.2) is 35.3 Å². The molecule has 1 aromatic carbocycles. The third-order valence-corrected chi connectivity index (χ3v) is 5.52. The van der Waals surface area contributed by atoms with Crippen molar-refractivity contribution in [3.05, 3.63) is 68.1 Å². The molecule has 1 amide bonds. The summed E-state index contributed by atoms with van der Waals surface area (Å²) >= 11 is 11.9. The second kappa shape index (κ2) is 8.00. The van der Waals surface area contributed by atoms with Gasteiger partial charge < -0.3 is 5.32 Å². The molecule has 2 aromatic heterocycles. The zero-order valence-corrected chi connectivity index (χ0v) is 17.3. The SMILES string of the molecule is O=C(NC(C1CC1)C(F)(F)F)c1cn(-c2c(F)cc(F)cc2Cl)c2nc(Cl)ccc2c1=O. The van der Waals surface area contributed by atoms with Crippen LogP contribution >= 0.6 is 23.2 Å². The number of aromatic nitrogens is 2. The summed E-state index contributed by atoms with van der Waals surface area (Å²) in [7, 11) is 0. The van der Waals surface area contributed by atoms with Crippen LogP contribution in [0.5, 0.6) is 0 Å². The maximum atomic E-state index is 14.6. The number of benzene rings is 1. The van der Waals surface area contributed by atoms with E-state index >= 15 is 0 Å². The van der Waals surface area contributed by atoms with Gasteiger partial charge >= 0.3 is 6.18 Å². The highest BCUT2D eigenvalue weighted by Gasteiger charge is 2.49. The van der Waals surface area contributed by atoms with E-state index < -0.39 is 57.4 Å². The lowest BCUT2D eigenvalue weighted by molar-refractivity contribution is -0.158. The second-order valence-corrected chi connectivity index (χ2v) is 8.09. The van der Waals surface area contributed by atoms with Gasteiger partial charge in [-0.3, -0.25) is 14.2 Å². The quantitative estimate of drug-likeness (QED) is 0.410. The number of alkyl halides is 3. The fourth-order valence-corrected chi connectivity index (χ4v) is 3.82. The van der Waals surface area contributed by atoms with E-state index in [9.17, 15) is 31.5 Å². The number of hydrogen-bond acceptors (Lipinski definition) is 3. The fraction of sp³-hybridized carbons (Fsp3) is 0.250. The minimum atomic E-state index is -4.71. The summed E-state index contributed by atoms with van der Waals surface area (Å²) in [6.45, 7) is 0. The second-order valence-electron chi connectivity index (χ2n) is 7.30. The monoisotopic (exact) mass is 491 g/mol. The molecule has 1 N–H and O–H groups in total. The number of fused-ring (bicyclic) bond motifs is 1. The molecule has 0 spiro atoms. The van der Waals surface area contributed by atoms with Crippen molar-refractivity contribution < 1.29 is 26.7 Å². The zero-order valence-electron chi connectivity index (χ0n) is 15.8. The molecule has 2 heterocycles. The van der Waals surface area contributed by atoms with E-state index in [4.69, 9.17) is 23.2 Å². The summed E-state index contributed by atoms with van der Waals surface area (Å²) in [4.78, 5) is 29.5. The summed E-state index contributed by atoms with van der Waals surface area (Å²) < 4.78 is 69.1. The van der Waals surface area contributed by atoms with Crippen LogP contribution in [0.1, 0.15) is 23.2 Å². The molecule has 1 aliphatic rings. The van der Waals surface area contributed by atoms with Gasteiger partial charge in [-0.15, -0.1) is 0 Å². The van der Waals surface area contributed by atoms with Crippen molar-refractivity contribution in [2.45, 2.75) is 25.1 Å². The predicted molar refractivity (Wildman–Crippen MR) is 107 cm³/mol. The summed E-state index contributed by atoms with van der Waals surface area (Å²) in [6, 6.07) is 1.59. The number of halogens is 7. The van der Waals surface area contributed by atoms with E-state index in [2.05, 4.69) is 4.98 Å². The van der Waals surface area contributed by atoms with Crippen LogP contribution in [0.25, 0.3) is 16.7 Å². The van der Waals surface area contributed by atoms with Gasteiger partial charge in [-0.2, -0.15) is 13.2 Å². The van der Waals surface area contributed by atoms with Gasteiger partial charge in [-0.05, 0) is 37.0 Å². The maximum absolute atomic E-state index is 14.6. The Morgan fingerprint density at radius 1 is 1.19 bits per heavy atom. The van der Waals surface area contributed by atoms with Crippen LogP contribution in [-0.4, -0.2) is 27.7 Å². The molecule has 32 heavy (non-hydrogen) atoms. The van der Waals surface area contributed by atoms with E-state index in [0.717, 1.165) is 16.8 Å². The predicted octanol–water partition coefficient (Wildman–Crippen LogP) is 5.04. The van der Waals surface area contributed by atoms with E-state index in [0.29, 0.717) is 6.07 Å². The lowest BCUT2D eigenvalue weighted by Crippen LogP contribution is -2.48. The number of hydrogen-bond donors (Lipinski definition) is 1. The van der Waals surface area contributed by atoms with Crippen molar-refractivity contribution in [3.63, 3.8) is 0 Å². The van der Waals surface area contributed by atoms with Crippen LogP contribution in [0.3, 0.4) is 0 Å². The Morgan fingerprint density at radius 2 is 1.88 bits per heavy atom. The van der Waals surface area contributed by atoms with Crippen molar-refractivity contribution in [2.24, 2.45) is 5.92 Å². The average molecular weight is 492 g/mol. The smallest absolute Gasteiger partial charge is 0.340 e. The van der Waals surface area contributed by atoms with Crippen LogP contribution in [-0.2, 0) is 0 Å². The highest BCUT2D eigenvalue weighted by atomic mass is 35.5. The normalized spacial score (nSPS) is 15.1. The van der Waals surface area contributed by atoms with Crippen molar-refractivity contribution in [2.75, 3.05) is 0 Å². The first kappa shape index (κ1) is 22.5. The minimum Gasteiger partial charge on any atom is -0.340 e. The first-order chi connectivity index (χ1) is 15.0. The summed E-state index contributed by atoms with van der Waals surface area (Å²) in [5, 5.41) is 1.12. The Labute approximate surface area is 186 Å². The lowest BCUT2D eigenvalue weighted by atomic mass is 10.1. The van der Waals surface area contributed by atoms with E-state index in [1.807, 2.05) is 5.32 Å². The molecule has 1 unspecified atom stereocenters. The Hall–Kier alpha value is -2.72. The number of nitrogens with one attached hydrogen (secondary N) is 1. The molecule has 4 rings (SSSR count). The molecule has 3 aromatic rings. The van der Waals surface area contributed by atoms with Crippen LogP contribution in [0.4, 0.5) is 22.0 Å². The topological polar surface area (TPSA) is 64.0 Å². The zero-order chi connectivity index (χ0) is 23.4. The van der Waals surface area contributed by atoms with Crippen LogP contribution in [0, 0.1) is 17.6 Å². The van der Waals surface area contributed by atoms with Crippen molar-refractivity contribution in [3.8, 4) is 5.69 Å². The van der Waals surface area contributed by atoms with Gasteiger partial charge in [0.25, 0.3) is 5.91 Å². The third-order valence-electron chi connectivity index (χ3n) is 5.02. The number of nitrogens with zero attached hydrogens (tertiary/aromatic N) is 2. The molecule has 12 heteroatoms. The number of pyridine rings is 2. The van der Waals surface area contributed by atoms with Crippen LogP contribution in [0.2, 0.25) is 10.2 Å². The Kier molecular flexibility index (Phi) is 5.62. The molecule has 0 saturated heterocycles. The van der Waals surface area contributed by atoms with Crippen molar-refractivity contribution in [1.29, 1.82) is 0 Å². The highest BCUT2D eigenvalue weighted by Crippen LogP contribution is 2.40. The van der Waals surface area contributed by atoms with Gasteiger partial charge in [0.2, 0.25) is 5.43 Å². The Balaban J connectivity index is 1.92. The van der Waals surface area contributed by atoms with E-state index in [1.165, 1.54) is 12.1 Å². The Morgan fingerprint density at radius 3 is 2.47 bits per heavy atom. The molecule has 1 saturated carbocycles. The summed E-state index contributed by atoms with van der Waals surface area (Å²) in [5.41, 5.74) is -2.32. The van der Waals surface area contributed by atoms with Gasteiger partial charge in [0.05, 0.1) is 10.4 Å². The standard InChI is InChI=1S/C20H12Cl2F5N3O2/c21-12-5-9(23)6-13(24)15(12)30-7-11(16(31)10-3-4-14(22)28-18(10)30)19(32)29-17(8-1-2-8)20(25,26)27/h3-8,17H,1-2H2,(H,29,32). The molecule has 168 valence electrons. The molecule has 0 bridgehead atoms. The van der Waals surface area contributed by atoms with Gasteiger partial charge in [-0.1, -0.05) is 23.2 Å². The largest absolute Gasteiger partial charge is 0.408 e. The average Bonchev–Trinajstić information content (AvgIpc) is 3.50. The molecule has 5 nitrogen and oxygen atoms in total. The molecule has 1 fully saturated rings. The molecule has 1 atom stereocenters. The fourth-order valence-electron chi connectivity index (χ4n) is 3.39. The summed E-state index contributed by atoms with van der Waals surface area (Å²) in [6.07, 6.45) is -3.34. The molecule has 1 aliphatic carbocycles. The van der Waals surface area contributed by atoms with Gasteiger partial charge in [-0.25, -0.2) is 13.8 Å². The number of carbonyl (C=O) groups excluding carboxylic acids is 1. The maximum Gasteiger partial charge on any atom is 0.408 e. The van der Waals surface area contributed by atoms with Gasteiger partial charge in [0.15, 0.2) is 5.82 Å². The molecule has 0 aliphatic heterocycles. The number of rotatable bonds is 4. The number of amides is 1. The Bertz CT molecular complexity index is 1280. The lowest BCUT2D eigenvalue weighted by Gasteiger charge is -2.21. The molecule has 0 radical (unpaired) electrons. The molecular weight excluding hydrogens is 480 g/mol. The molecular formula is C20H12Cl2F5N3O2.